The number of hydrogen-bond donors (Lipinski definition) is 2. The summed E-state index contributed by atoms with van der Waals surface area (Å²) in [7, 11) is -4.22. The molecule has 106 valence electrons. The van der Waals surface area contributed by atoms with E-state index >= 15 is 0 Å². The first-order valence-corrected chi connectivity index (χ1v) is 6.43. The first-order valence-electron chi connectivity index (χ1n) is 4.94. The number of nitrogens with zero attached hydrogens (tertiary/aromatic N) is 1. The number of nitro benzene ring substituents is 1. The number of carbonyl (C=O) groups is 2. The van der Waals surface area contributed by atoms with Gasteiger partial charge in [-0.15, -0.1) is 0 Å². The van der Waals surface area contributed by atoms with E-state index in [2.05, 4.69) is 0 Å². The molecule has 0 radical (unpaired) electrons. The molecule has 0 aromatic heterocycles. The van der Waals surface area contributed by atoms with Gasteiger partial charge in [-0.2, -0.15) is 0 Å². The van der Waals surface area contributed by atoms with Gasteiger partial charge in [-0.3, -0.25) is 14.9 Å². The normalized spacial score (nSPS) is 11.2. The lowest BCUT2D eigenvalue weighted by Crippen LogP contribution is -2.29. The molecule has 2 N–H and O–H groups in total. The molecule has 1 amide bonds. The number of carbonyl (C=O) groups excluding carboxylic acids is 1. The Labute approximate surface area is 112 Å². The number of carboxylic acids is 1. The highest BCUT2D eigenvalue weighted by molar-refractivity contribution is 7.90. The van der Waals surface area contributed by atoms with Crippen LogP contribution in [-0.2, 0) is 19.6 Å². The summed E-state index contributed by atoms with van der Waals surface area (Å²) >= 11 is 0. The van der Waals surface area contributed by atoms with Crippen LogP contribution in [0.3, 0.4) is 0 Å². The van der Waals surface area contributed by atoms with Crippen molar-refractivity contribution in [2.75, 3.05) is 0 Å². The van der Waals surface area contributed by atoms with Gasteiger partial charge in [0.1, 0.15) is 0 Å². The molecule has 1 rings (SSSR count). The Morgan fingerprint density at radius 3 is 2.20 bits per heavy atom. The Balaban J connectivity index is 2.91. The van der Waals surface area contributed by atoms with Gasteiger partial charge in [0.15, 0.2) is 0 Å². The zero-order chi connectivity index (χ0) is 15.3. The summed E-state index contributed by atoms with van der Waals surface area (Å²) in [6, 6.07) is 3.83. The maximum absolute atomic E-state index is 11.7. The number of amides is 1. The molecule has 0 bridgehead atoms. The van der Waals surface area contributed by atoms with E-state index in [-0.39, 0.29) is 10.6 Å². The van der Waals surface area contributed by atoms with E-state index < -0.39 is 26.8 Å². The Morgan fingerprint density at radius 1 is 1.20 bits per heavy atom. The van der Waals surface area contributed by atoms with Gasteiger partial charge in [-0.05, 0) is 12.1 Å². The van der Waals surface area contributed by atoms with Gasteiger partial charge in [-0.1, -0.05) is 0 Å². The molecular formula is C10H8N2O7S. The highest BCUT2D eigenvalue weighted by Gasteiger charge is 2.17. The monoisotopic (exact) mass is 300 g/mol. The molecule has 0 heterocycles. The van der Waals surface area contributed by atoms with Crippen LogP contribution in [0.5, 0.6) is 0 Å². The molecule has 1 aromatic rings. The van der Waals surface area contributed by atoms with E-state index in [1.807, 2.05) is 0 Å². The van der Waals surface area contributed by atoms with Crippen molar-refractivity contribution in [3.8, 4) is 0 Å². The van der Waals surface area contributed by atoms with Crippen LogP contribution >= 0.6 is 0 Å². The Morgan fingerprint density at radius 2 is 1.75 bits per heavy atom. The van der Waals surface area contributed by atoms with Crippen molar-refractivity contribution in [3.63, 3.8) is 0 Å². The topological polar surface area (TPSA) is 144 Å². The number of benzene rings is 1. The van der Waals surface area contributed by atoms with Crippen molar-refractivity contribution in [1.29, 1.82) is 0 Å². The number of nitrogens with one attached hydrogen (secondary N) is 1. The smallest absolute Gasteiger partial charge is 0.328 e. The summed E-state index contributed by atoms with van der Waals surface area (Å²) in [5.41, 5.74) is -0.305. The second-order valence-corrected chi connectivity index (χ2v) is 5.07. The van der Waals surface area contributed by atoms with Crippen molar-refractivity contribution in [1.82, 2.24) is 4.72 Å². The summed E-state index contributed by atoms with van der Waals surface area (Å²) in [6.07, 6.45) is 1.01. The van der Waals surface area contributed by atoms with E-state index in [0.717, 1.165) is 24.3 Å². The van der Waals surface area contributed by atoms with E-state index in [1.165, 1.54) is 0 Å². The van der Waals surface area contributed by atoms with Crippen LogP contribution in [0, 0.1) is 10.1 Å². The van der Waals surface area contributed by atoms with Crippen LogP contribution in [0.15, 0.2) is 41.3 Å². The van der Waals surface area contributed by atoms with Crippen LogP contribution in [0.1, 0.15) is 0 Å². The van der Waals surface area contributed by atoms with Crippen LogP contribution in [-0.4, -0.2) is 30.3 Å². The molecule has 0 saturated carbocycles. The predicted molar refractivity (Wildman–Crippen MR) is 65.2 cm³/mol. The molecule has 0 fully saturated rings. The van der Waals surface area contributed by atoms with Crippen molar-refractivity contribution < 1.29 is 28.0 Å². The lowest BCUT2D eigenvalue weighted by Gasteiger charge is -2.04. The number of hydrogen-bond acceptors (Lipinski definition) is 6. The van der Waals surface area contributed by atoms with Gasteiger partial charge in [-0.25, -0.2) is 17.9 Å². The lowest BCUT2D eigenvalue weighted by molar-refractivity contribution is -0.384. The molecule has 0 aliphatic carbocycles. The minimum atomic E-state index is -4.22. The highest BCUT2D eigenvalue weighted by Crippen LogP contribution is 2.15. The van der Waals surface area contributed by atoms with Gasteiger partial charge in [0.25, 0.3) is 21.6 Å². The van der Waals surface area contributed by atoms with Crippen LogP contribution in [0.2, 0.25) is 0 Å². The average Bonchev–Trinajstić information content (AvgIpc) is 2.36. The largest absolute Gasteiger partial charge is 0.478 e. The van der Waals surface area contributed by atoms with Crippen LogP contribution in [0.25, 0.3) is 0 Å². The zero-order valence-electron chi connectivity index (χ0n) is 9.72. The van der Waals surface area contributed by atoms with Crippen molar-refractivity contribution in [2.24, 2.45) is 0 Å². The van der Waals surface area contributed by atoms with Crippen LogP contribution < -0.4 is 4.72 Å². The quantitative estimate of drug-likeness (QED) is 0.443. The standard InChI is InChI=1S/C10H8N2O7S/c13-9(5-6-10(14)15)11-20(18,19)8-3-1-7(2-4-8)12(16)17/h1-6H,(H,11,13)(H,14,15)/b6-5-. The second kappa shape index (κ2) is 5.93. The van der Waals surface area contributed by atoms with E-state index in [0.29, 0.717) is 12.2 Å². The first kappa shape index (κ1) is 15.3. The Kier molecular flexibility index (Phi) is 4.54. The minimum absolute atomic E-state index is 0.305. The fraction of sp³-hybridized carbons (Fsp3) is 0. The van der Waals surface area contributed by atoms with Crippen LogP contribution in [0.4, 0.5) is 5.69 Å². The van der Waals surface area contributed by atoms with Gasteiger partial charge >= 0.3 is 5.97 Å². The molecule has 0 unspecified atom stereocenters. The molecule has 0 aliphatic rings. The molecule has 0 spiro atoms. The molecule has 1 aromatic carbocycles. The molecule has 0 saturated heterocycles. The third-order valence-corrected chi connectivity index (χ3v) is 3.33. The van der Waals surface area contributed by atoms with Gasteiger partial charge < -0.3 is 5.11 Å². The number of sulfonamides is 1. The maximum Gasteiger partial charge on any atom is 0.328 e. The van der Waals surface area contributed by atoms with Gasteiger partial charge in [0.2, 0.25) is 0 Å². The molecule has 0 aliphatic heterocycles. The summed E-state index contributed by atoms with van der Waals surface area (Å²) < 4.78 is 25.0. The number of nitro groups is 1. The summed E-state index contributed by atoms with van der Waals surface area (Å²) in [6.45, 7) is 0. The number of aliphatic carboxylic acids is 1. The third kappa shape index (κ3) is 4.17. The fourth-order valence-corrected chi connectivity index (χ4v) is 2.06. The van der Waals surface area contributed by atoms with Crippen molar-refractivity contribution in [2.45, 2.75) is 4.90 Å². The SMILES string of the molecule is O=C(O)/C=C\C(=O)NS(=O)(=O)c1ccc([N+](=O)[O-])cc1. The van der Waals surface area contributed by atoms with Crippen molar-refractivity contribution >= 4 is 27.6 Å². The minimum Gasteiger partial charge on any atom is -0.478 e. The molecule has 0 atom stereocenters. The molecule has 9 nitrogen and oxygen atoms in total. The fourth-order valence-electron chi connectivity index (χ4n) is 1.12. The van der Waals surface area contributed by atoms with E-state index in [4.69, 9.17) is 5.11 Å². The molecule has 20 heavy (non-hydrogen) atoms. The number of non-ortho nitro benzene ring substituents is 1. The maximum atomic E-state index is 11.7. The average molecular weight is 300 g/mol. The highest BCUT2D eigenvalue weighted by atomic mass is 32.2. The molecule has 10 heteroatoms. The summed E-state index contributed by atoms with van der Waals surface area (Å²) in [5, 5.41) is 18.7. The predicted octanol–water partition coefficient (Wildman–Crippen LogP) is 0.0405. The Bertz CT molecular complexity index is 676. The van der Waals surface area contributed by atoms with Crippen molar-refractivity contribution in [3.05, 3.63) is 46.5 Å². The summed E-state index contributed by atoms with van der Waals surface area (Å²) in [5.74, 6) is -2.56. The number of carboxylic acid groups (broad SMARTS) is 1. The zero-order valence-corrected chi connectivity index (χ0v) is 10.5. The third-order valence-electron chi connectivity index (χ3n) is 1.97. The Hall–Kier alpha value is -2.75. The van der Waals surface area contributed by atoms with E-state index in [1.54, 1.807) is 4.72 Å². The second-order valence-electron chi connectivity index (χ2n) is 3.39. The van der Waals surface area contributed by atoms with Gasteiger partial charge in [0.05, 0.1) is 9.82 Å². The number of rotatable bonds is 5. The summed E-state index contributed by atoms with van der Waals surface area (Å²) in [4.78, 5) is 30.7. The van der Waals surface area contributed by atoms with E-state index in [9.17, 15) is 28.1 Å². The molecular weight excluding hydrogens is 292 g/mol. The van der Waals surface area contributed by atoms with Gasteiger partial charge in [0, 0.05) is 24.3 Å². The first-order chi connectivity index (χ1) is 9.22. The lowest BCUT2D eigenvalue weighted by atomic mass is 10.3.